The predicted molar refractivity (Wildman–Crippen MR) is 124 cm³/mol. The Morgan fingerprint density at radius 2 is 1.60 bits per heavy atom. The number of carbonyl (C=O) groups excluding carboxylic acids is 1. The first-order valence-electron chi connectivity index (χ1n) is 11.3. The Hall–Kier alpha value is -2.87. The highest BCUT2D eigenvalue weighted by molar-refractivity contribution is 5.96. The molecule has 30 heavy (non-hydrogen) atoms. The van der Waals surface area contributed by atoms with Crippen molar-refractivity contribution in [2.45, 2.75) is 57.9 Å². The summed E-state index contributed by atoms with van der Waals surface area (Å²) in [4.78, 5) is 13.2. The van der Waals surface area contributed by atoms with Crippen LogP contribution in [-0.4, -0.2) is 5.91 Å². The minimum absolute atomic E-state index is 0.0308. The number of rotatable bonds is 7. The molecule has 0 aromatic heterocycles. The van der Waals surface area contributed by atoms with Crippen LogP contribution in [0.1, 0.15) is 70.4 Å². The molecule has 1 aliphatic carbocycles. The molecule has 2 heteroatoms. The van der Waals surface area contributed by atoms with Crippen LogP contribution >= 0.6 is 0 Å². The quantitative estimate of drug-likeness (QED) is 0.503. The summed E-state index contributed by atoms with van der Waals surface area (Å²) in [5.74, 6) is 0.0308. The molecule has 0 spiro atoms. The summed E-state index contributed by atoms with van der Waals surface area (Å²) in [6.45, 7) is 2.14. The van der Waals surface area contributed by atoms with Gasteiger partial charge < -0.3 is 5.32 Å². The molecule has 1 N–H and O–H groups in total. The van der Waals surface area contributed by atoms with E-state index in [1.807, 2.05) is 24.3 Å². The third-order valence-corrected chi connectivity index (χ3v) is 6.28. The summed E-state index contributed by atoms with van der Waals surface area (Å²) in [5.41, 5.74) is 7.39. The third kappa shape index (κ3) is 4.81. The molecule has 3 aromatic rings. The van der Waals surface area contributed by atoms with E-state index in [1.165, 1.54) is 41.5 Å². The molecule has 0 saturated carbocycles. The Bertz CT molecular complexity index is 993. The van der Waals surface area contributed by atoms with Gasteiger partial charge in [-0.15, -0.1) is 0 Å². The highest BCUT2D eigenvalue weighted by atomic mass is 16.1. The van der Waals surface area contributed by atoms with Crippen LogP contribution in [0, 0.1) is 0 Å². The van der Waals surface area contributed by atoms with Gasteiger partial charge in [0.15, 0.2) is 0 Å². The minimum atomic E-state index is 0.0308. The molecule has 0 bridgehead atoms. The highest BCUT2D eigenvalue weighted by Gasteiger charge is 2.18. The van der Waals surface area contributed by atoms with Gasteiger partial charge in [0.1, 0.15) is 0 Å². The van der Waals surface area contributed by atoms with Gasteiger partial charge in [-0.25, -0.2) is 0 Å². The van der Waals surface area contributed by atoms with Gasteiger partial charge in [-0.1, -0.05) is 73.7 Å². The van der Waals surface area contributed by atoms with Crippen molar-refractivity contribution in [1.29, 1.82) is 0 Å². The number of hydrogen-bond donors (Lipinski definition) is 1. The third-order valence-electron chi connectivity index (χ3n) is 6.28. The lowest BCUT2D eigenvalue weighted by molar-refractivity contribution is 0.0934. The highest BCUT2D eigenvalue weighted by Crippen LogP contribution is 2.26. The van der Waals surface area contributed by atoms with Gasteiger partial charge in [0.25, 0.3) is 5.91 Å². The summed E-state index contributed by atoms with van der Waals surface area (Å²) in [5, 5.41) is 3.31. The van der Waals surface area contributed by atoms with E-state index in [9.17, 15) is 4.79 Å². The van der Waals surface area contributed by atoms with Gasteiger partial charge in [0.05, 0.1) is 6.04 Å². The first kappa shape index (κ1) is 20.4. The van der Waals surface area contributed by atoms with Gasteiger partial charge in [-0.3, -0.25) is 4.79 Å². The van der Waals surface area contributed by atoms with Crippen LogP contribution in [0.5, 0.6) is 0 Å². The lowest BCUT2D eigenvalue weighted by Gasteiger charge is -2.22. The molecule has 154 valence electrons. The minimum Gasteiger partial charge on any atom is -0.345 e. The maximum atomic E-state index is 13.2. The van der Waals surface area contributed by atoms with Crippen LogP contribution in [-0.2, 0) is 25.7 Å². The van der Waals surface area contributed by atoms with Crippen LogP contribution in [0.3, 0.4) is 0 Å². The first-order valence-corrected chi connectivity index (χ1v) is 11.3. The maximum Gasteiger partial charge on any atom is 0.252 e. The number of nitrogens with one attached hydrogen (secondary N) is 1. The number of carbonyl (C=O) groups is 1. The summed E-state index contributed by atoms with van der Waals surface area (Å²) in [7, 11) is 0. The maximum absolute atomic E-state index is 13.2. The molecule has 1 amide bonds. The number of fused-ring (bicyclic) bond motifs is 1. The van der Waals surface area contributed by atoms with E-state index >= 15 is 0 Å². The first-order chi connectivity index (χ1) is 14.7. The van der Waals surface area contributed by atoms with E-state index in [0.29, 0.717) is 0 Å². The lowest BCUT2D eigenvalue weighted by atomic mass is 9.88. The Balaban J connectivity index is 1.48. The van der Waals surface area contributed by atoms with Gasteiger partial charge in [0.2, 0.25) is 0 Å². The van der Waals surface area contributed by atoms with Gasteiger partial charge in [0, 0.05) is 5.56 Å². The van der Waals surface area contributed by atoms with E-state index in [4.69, 9.17) is 0 Å². The standard InChI is InChI=1S/C28H31NO/c1-2-27(25-19-18-22-12-6-7-14-24(22)20-25)29-28(30)26-15-9-8-13-23(26)17-16-21-10-4-3-5-11-21/h3-5,8-11,13,15,18-20,27H,2,6-7,12,14,16-17H2,1H3,(H,29,30)/t27-/m0/s1. The monoisotopic (exact) mass is 397 g/mol. The van der Waals surface area contributed by atoms with Crippen LogP contribution in [0.4, 0.5) is 0 Å². The Morgan fingerprint density at radius 1 is 0.867 bits per heavy atom. The molecule has 2 nitrogen and oxygen atoms in total. The zero-order valence-electron chi connectivity index (χ0n) is 17.9. The van der Waals surface area contributed by atoms with Crippen molar-refractivity contribution in [2.75, 3.05) is 0 Å². The van der Waals surface area contributed by atoms with E-state index < -0.39 is 0 Å². The molecule has 1 aliphatic rings. The van der Waals surface area contributed by atoms with Crippen molar-refractivity contribution >= 4 is 5.91 Å². The molecular formula is C28H31NO. The summed E-state index contributed by atoms with van der Waals surface area (Å²) in [6, 6.07) is 25.3. The molecule has 0 fully saturated rings. The number of aryl methyl sites for hydroxylation is 4. The predicted octanol–water partition coefficient (Wildman–Crippen LogP) is 6.23. The fourth-order valence-electron chi connectivity index (χ4n) is 4.51. The Kier molecular flexibility index (Phi) is 6.63. The molecule has 0 heterocycles. The van der Waals surface area contributed by atoms with Crippen molar-refractivity contribution < 1.29 is 4.79 Å². The fourth-order valence-corrected chi connectivity index (χ4v) is 4.51. The van der Waals surface area contributed by atoms with Crippen molar-refractivity contribution in [2.24, 2.45) is 0 Å². The van der Waals surface area contributed by atoms with Crippen molar-refractivity contribution in [3.63, 3.8) is 0 Å². The molecule has 0 unspecified atom stereocenters. The van der Waals surface area contributed by atoms with E-state index in [2.05, 4.69) is 60.8 Å². The number of benzene rings is 3. The van der Waals surface area contributed by atoms with Crippen LogP contribution in [0.2, 0.25) is 0 Å². The summed E-state index contributed by atoms with van der Waals surface area (Å²) in [6.07, 6.45) is 7.60. The van der Waals surface area contributed by atoms with E-state index in [-0.39, 0.29) is 11.9 Å². The van der Waals surface area contributed by atoms with Gasteiger partial charge in [-0.2, -0.15) is 0 Å². The van der Waals surface area contributed by atoms with Gasteiger partial charge >= 0.3 is 0 Å². The molecule has 4 rings (SSSR count). The molecule has 1 atom stereocenters. The molecule has 3 aromatic carbocycles. The SMILES string of the molecule is CC[C@H](NC(=O)c1ccccc1CCc1ccccc1)c1ccc2c(c1)CCCC2. The zero-order valence-corrected chi connectivity index (χ0v) is 17.9. The lowest BCUT2D eigenvalue weighted by Crippen LogP contribution is -2.29. The molecular weight excluding hydrogens is 366 g/mol. The normalized spacial score (nSPS) is 14.0. The Labute approximate surface area is 180 Å². The zero-order chi connectivity index (χ0) is 20.8. The molecule has 0 radical (unpaired) electrons. The van der Waals surface area contributed by atoms with Crippen molar-refractivity contribution in [3.8, 4) is 0 Å². The van der Waals surface area contributed by atoms with Crippen molar-refractivity contribution in [1.82, 2.24) is 5.32 Å². The molecule has 0 aliphatic heterocycles. The number of amides is 1. The Morgan fingerprint density at radius 3 is 2.40 bits per heavy atom. The van der Waals surface area contributed by atoms with Gasteiger partial charge in [-0.05, 0) is 78.8 Å². The van der Waals surface area contributed by atoms with Crippen LogP contribution in [0.15, 0.2) is 72.8 Å². The van der Waals surface area contributed by atoms with E-state index in [0.717, 1.165) is 36.8 Å². The molecule has 0 saturated heterocycles. The average molecular weight is 398 g/mol. The fraction of sp³-hybridized carbons (Fsp3) is 0.321. The largest absolute Gasteiger partial charge is 0.345 e. The smallest absolute Gasteiger partial charge is 0.252 e. The second-order valence-corrected chi connectivity index (χ2v) is 8.31. The summed E-state index contributed by atoms with van der Waals surface area (Å²) >= 11 is 0. The summed E-state index contributed by atoms with van der Waals surface area (Å²) < 4.78 is 0. The van der Waals surface area contributed by atoms with Crippen LogP contribution in [0.25, 0.3) is 0 Å². The van der Waals surface area contributed by atoms with Crippen LogP contribution < -0.4 is 5.32 Å². The van der Waals surface area contributed by atoms with E-state index in [1.54, 1.807) is 0 Å². The second kappa shape index (κ2) is 9.75. The average Bonchev–Trinajstić information content (AvgIpc) is 2.81. The second-order valence-electron chi connectivity index (χ2n) is 8.31. The topological polar surface area (TPSA) is 29.1 Å². The number of hydrogen-bond acceptors (Lipinski definition) is 1. The van der Waals surface area contributed by atoms with Crippen molar-refractivity contribution in [3.05, 3.63) is 106 Å².